The van der Waals surface area contributed by atoms with Crippen LogP contribution in [0.15, 0.2) is 91.6 Å². The molecule has 0 radical (unpaired) electrons. The Bertz CT molecular complexity index is 1370. The zero-order valence-electron chi connectivity index (χ0n) is 18.0. The molecular weight excluding hydrogens is 434 g/mol. The predicted molar refractivity (Wildman–Crippen MR) is 124 cm³/mol. The molecule has 0 saturated carbocycles. The van der Waals surface area contributed by atoms with E-state index < -0.39 is 23.6 Å². The second-order valence-corrected chi connectivity index (χ2v) is 7.75. The van der Waals surface area contributed by atoms with Crippen molar-refractivity contribution in [3.8, 4) is 5.82 Å². The topological polar surface area (TPSA) is 121 Å². The zero-order valence-corrected chi connectivity index (χ0v) is 18.0. The number of nitrogens with one attached hydrogen (secondary N) is 1. The second kappa shape index (κ2) is 8.70. The maximum absolute atomic E-state index is 13.5. The van der Waals surface area contributed by atoms with Gasteiger partial charge in [0, 0.05) is 18.0 Å². The third-order valence-electron chi connectivity index (χ3n) is 5.64. The fourth-order valence-electron chi connectivity index (χ4n) is 3.99. The fraction of sp³-hybridized carbons (Fsp3) is 0.120. The number of ether oxygens (including phenoxy) is 2. The summed E-state index contributed by atoms with van der Waals surface area (Å²) in [4.78, 5) is 30.4. The van der Waals surface area contributed by atoms with Crippen molar-refractivity contribution in [3.63, 3.8) is 0 Å². The molecule has 1 atom stereocenters. The van der Waals surface area contributed by atoms with Crippen molar-refractivity contribution in [2.45, 2.75) is 18.2 Å². The highest BCUT2D eigenvalue weighted by atomic mass is 16.7. The standard InChI is InChI=1S/C25H21N5O4/c26-24(32)25(33-13-14-34-25)21(15-17-7-2-1-3-8-17)29-23(31)19-10-6-12-27-22(19)30-20-11-5-4-9-18(20)16-28-30/h1-14,16,21H,15H2,(H2,26,32)(H,29,31). The first-order valence-electron chi connectivity index (χ1n) is 10.6. The Kier molecular flexibility index (Phi) is 5.43. The summed E-state index contributed by atoms with van der Waals surface area (Å²) in [6.45, 7) is 0. The summed E-state index contributed by atoms with van der Waals surface area (Å²) in [7, 11) is 0. The van der Waals surface area contributed by atoms with Gasteiger partial charge < -0.3 is 20.5 Å². The van der Waals surface area contributed by atoms with Crippen LogP contribution in [0.1, 0.15) is 15.9 Å². The number of aromatic nitrogens is 3. The molecule has 0 bridgehead atoms. The molecule has 2 amide bonds. The lowest BCUT2D eigenvalue weighted by molar-refractivity contribution is -0.182. The molecule has 34 heavy (non-hydrogen) atoms. The van der Waals surface area contributed by atoms with E-state index in [4.69, 9.17) is 15.2 Å². The SMILES string of the molecule is NC(=O)C1(C(Cc2ccccc2)NC(=O)c2cccnc2-n2ncc3ccccc32)OC=CO1. The van der Waals surface area contributed by atoms with Gasteiger partial charge in [-0.2, -0.15) is 5.10 Å². The van der Waals surface area contributed by atoms with Crippen LogP contribution in [0.4, 0.5) is 0 Å². The number of benzene rings is 2. The average molecular weight is 455 g/mol. The molecular formula is C25H21N5O4. The van der Waals surface area contributed by atoms with Crippen LogP contribution in [0.25, 0.3) is 16.7 Å². The van der Waals surface area contributed by atoms with Crippen LogP contribution in [0, 0.1) is 0 Å². The molecule has 0 saturated heterocycles. The van der Waals surface area contributed by atoms with Gasteiger partial charge in [0.2, 0.25) is 0 Å². The lowest BCUT2D eigenvalue weighted by Gasteiger charge is -2.33. The number of amides is 2. The highest BCUT2D eigenvalue weighted by molar-refractivity contribution is 5.98. The van der Waals surface area contributed by atoms with Crippen molar-refractivity contribution in [1.82, 2.24) is 20.1 Å². The van der Waals surface area contributed by atoms with E-state index in [9.17, 15) is 9.59 Å². The lowest BCUT2D eigenvalue weighted by atomic mass is 9.97. The number of hydrogen-bond donors (Lipinski definition) is 2. The first kappa shape index (κ1) is 21.2. The van der Waals surface area contributed by atoms with Crippen LogP contribution in [-0.4, -0.2) is 38.4 Å². The summed E-state index contributed by atoms with van der Waals surface area (Å²) in [6, 6.07) is 19.3. The van der Waals surface area contributed by atoms with Crippen molar-refractivity contribution in [2.75, 3.05) is 0 Å². The number of carbonyl (C=O) groups excluding carboxylic acids is 2. The summed E-state index contributed by atoms with van der Waals surface area (Å²) in [5.41, 5.74) is 7.59. The lowest BCUT2D eigenvalue weighted by Crippen LogP contribution is -2.61. The van der Waals surface area contributed by atoms with E-state index in [0.29, 0.717) is 5.82 Å². The molecule has 0 aliphatic carbocycles. The summed E-state index contributed by atoms with van der Waals surface area (Å²) >= 11 is 0. The van der Waals surface area contributed by atoms with Crippen LogP contribution in [0.3, 0.4) is 0 Å². The van der Waals surface area contributed by atoms with E-state index in [1.807, 2.05) is 54.6 Å². The van der Waals surface area contributed by atoms with Gasteiger partial charge in [-0.25, -0.2) is 9.67 Å². The smallest absolute Gasteiger partial charge is 0.352 e. The van der Waals surface area contributed by atoms with Crippen LogP contribution in [-0.2, 0) is 20.7 Å². The fourth-order valence-corrected chi connectivity index (χ4v) is 3.99. The van der Waals surface area contributed by atoms with Crippen LogP contribution in [0.2, 0.25) is 0 Å². The minimum absolute atomic E-state index is 0.234. The molecule has 5 rings (SSSR count). The van der Waals surface area contributed by atoms with Crippen molar-refractivity contribution in [3.05, 3.63) is 103 Å². The molecule has 170 valence electrons. The number of para-hydroxylation sites is 1. The molecule has 3 N–H and O–H groups in total. The molecule has 0 spiro atoms. The number of pyridine rings is 1. The van der Waals surface area contributed by atoms with Gasteiger partial charge >= 0.3 is 11.7 Å². The Morgan fingerprint density at radius 1 is 1.00 bits per heavy atom. The number of primary amides is 1. The molecule has 9 nitrogen and oxygen atoms in total. The maximum Gasteiger partial charge on any atom is 0.352 e. The number of hydrogen-bond acceptors (Lipinski definition) is 6. The highest BCUT2D eigenvalue weighted by Gasteiger charge is 2.51. The molecule has 2 aromatic carbocycles. The number of nitrogens with two attached hydrogens (primary N) is 1. The second-order valence-electron chi connectivity index (χ2n) is 7.75. The van der Waals surface area contributed by atoms with Crippen molar-refractivity contribution in [1.29, 1.82) is 0 Å². The monoisotopic (exact) mass is 455 g/mol. The normalized spacial score (nSPS) is 14.8. The summed E-state index contributed by atoms with van der Waals surface area (Å²) in [6.07, 6.45) is 6.00. The molecule has 9 heteroatoms. The highest BCUT2D eigenvalue weighted by Crippen LogP contribution is 2.28. The average Bonchev–Trinajstić information content (AvgIpc) is 3.53. The van der Waals surface area contributed by atoms with E-state index >= 15 is 0 Å². The predicted octanol–water partition coefficient (Wildman–Crippen LogP) is 2.46. The summed E-state index contributed by atoms with van der Waals surface area (Å²) in [5, 5.41) is 8.21. The van der Waals surface area contributed by atoms with E-state index in [-0.39, 0.29) is 12.0 Å². The third kappa shape index (κ3) is 3.73. The van der Waals surface area contributed by atoms with Gasteiger partial charge in [-0.15, -0.1) is 0 Å². The van der Waals surface area contributed by atoms with Crippen LogP contribution >= 0.6 is 0 Å². The Morgan fingerprint density at radius 3 is 2.50 bits per heavy atom. The quantitative estimate of drug-likeness (QED) is 0.442. The molecule has 1 aliphatic rings. The Labute approximate surface area is 194 Å². The first-order valence-corrected chi connectivity index (χ1v) is 10.6. The van der Waals surface area contributed by atoms with Gasteiger partial charge in [0.15, 0.2) is 5.82 Å². The molecule has 4 aromatic rings. The minimum Gasteiger partial charge on any atom is -0.447 e. The summed E-state index contributed by atoms with van der Waals surface area (Å²) in [5.74, 6) is -2.88. The van der Waals surface area contributed by atoms with Crippen LogP contribution in [0.5, 0.6) is 0 Å². The Balaban J connectivity index is 1.52. The number of rotatable bonds is 7. The largest absolute Gasteiger partial charge is 0.447 e. The van der Waals surface area contributed by atoms with E-state index in [2.05, 4.69) is 15.4 Å². The van der Waals surface area contributed by atoms with E-state index in [1.54, 1.807) is 29.2 Å². The van der Waals surface area contributed by atoms with Gasteiger partial charge in [-0.1, -0.05) is 48.5 Å². The van der Waals surface area contributed by atoms with Gasteiger partial charge in [-0.3, -0.25) is 9.59 Å². The minimum atomic E-state index is -1.88. The van der Waals surface area contributed by atoms with Gasteiger partial charge in [-0.05, 0) is 23.8 Å². The molecule has 3 heterocycles. The van der Waals surface area contributed by atoms with Crippen molar-refractivity contribution < 1.29 is 19.1 Å². The molecule has 1 unspecified atom stereocenters. The van der Waals surface area contributed by atoms with Gasteiger partial charge in [0.1, 0.15) is 18.6 Å². The van der Waals surface area contributed by atoms with E-state index in [1.165, 1.54) is 12.5 Å². The van der Waals surface area contributed by atoms with Crippen molar-refractivity contribution in [2.24, 2.45) is 5.73 Å². The summed E-state index contributed by atoms with van der Waals surface area (Å²) < 4.78 is 12.6. The van der Waals surface area contributed by atoms with Crippen LogP contribution < -0.4 is 11.1 Å². The number of carbonyl (C=O) groups is 2. The molecule has 0 fully saturated rings. The number of nitrogens with zero attached hydrogens (tertiary/aromatic N) is 3. The maximum atomic E-state index is 13.5. The molecule has 2 aromatic heterocycles. The molecule has 1 aliphatic heterocycles. The first-order chi connectivity index (χ1) is 16.6. The van der Waals surface area contributed by atoms with Crippen molar-refractivity contribution >= 4 is 22.7 Å². The van der Waals surface area contributed by atoms with Gasteiger partial charge in [0.05, 0.1) is 17.3 Å². The third-order valence-corrected chi connectivity index (χ3v) is 5.64. The van der Waals surface area contributed by atoms with Gasteiger partial charge in [0.25, 0.3) is 5.91 Å². The number of fused-ring (bicyclic) bond motifs is 1. The Morgan fingerprint density at radius 2 is 1.74 bits per heavy atom. The Hall–Kier alpha value is -4.66. The van der Waals surface area contributed by atoms with E-state index in [0.717, 1.165) is 16.5 Å². The zero-order chi connectivity index (χ0) is 23.5.